The van der Waals surface area contributed by atoms with Gasteiger partial charge in [0.1, 0.15) is 17.0 Å². The minimum absolute atomic E-state index is 0.108. The number of rotatable bonds is 6. The van der Waals surface area contributed by atoms with Crippen LogP contribution in [0.4, 0.5) is 13.2 Å². The number of ether oxygens (including phenoxy) is 1. The summed E-state index contributed by atoms with van der Waals surface area (Å²) in [4.78, 5) is 11.4. The SMILES string of the molecule is O=Cc1ccccc1Oc1cccc(-c2c3cccc(C(F)(F)F)c3nn2Cc2ccccc2)c1. The highest BCUT2D eigenvalue weighted by Gasteiger charge is 2.34. The molecule has 0 unspecified atom stereocenters. The second-order valence-corrected chi connectivity index (χ2v) is 7.98. The van der Waals surface area contributed by atoms with E-state index < -0.39 is 11.7 Å². The van der Waals surface area contributed by atoms with Crippen molar-refractivity contribution in [2.45, 2.75) is 12.7 Å². The average molecular weight is 472 g/mol. The number of halogens is 3. The summed E-state index contributed by atoms with van der Waals surface area (Å²) in [7, 11) is 0. The summed E-state index contributed by atoms with van der Waals surface area (Å²) in [5.74, 6) is 0.839. The fourth-order valence-corrected chi connectivity index (χ4v) is 4.06. The van der Waals surface area contributed by atoms with E-state index in [4.69, 9.17) is 4.74 Å². The lowest BCUT2D eigenvalue weighted by atomic mass is 10.0. The Kier molecular flexibility index (Phi) is 5.82. The van der Waals surface area contributed by atoms with Crippen molar-refractivity contribution in [1.29, 1.82) is 0 Å². The molecule has 0 atom stereocenters. The van der Waals surface area contributed by atoms with Crippen LogP contribution in [0.5, 0.6) is 11.5 Å². The summed E-state index contributed by atoms with van der Waals surface area (Å²) in [6.07, 6.45) is -3.83. The number of nitrogens with zero attached hydrogens (tertiary/aromatic N) is 2. The normalized spacial score (nSPS) is 11.5. The van der Waals surface area contributed by atoms with Crippen LogP contribution in [0.15, 0.2) is 97.1 Å². The van der Waals surface area contributed by atoms with Crippen LogP contribution in [-0.2, 0) is 12.7 Å². The van der Waals surface area contributed by atoms with Crippen LogP contribution in [0.3, 0.4) is 0 Å². The van der Waals surface area contributed by atoms with Crippen LogP contribution in [0.2, 0.25) is 0 Å². The Bertz CT molecular complexity index is 1510. The predicted molar refractivity (Wildman–Crippen MR) is 128 cm³/mol. The van der Waals surface area contributed by atoms with Crippen LogP contribution in [0.1, 0.15) is 21.5 Å². The summed E-state index contributed by atoms with van der Waals surface area (Å²) in [6, 6.07) is 27.3. The van der Waals surface area contributed by atoms with Gasteiger partial charge < -0.3 is 4.74 Å². The van der Waals surface area contributed by atoms with E-state index in [9.17, 15) is 18.0 Å². The maximum Gasteiger partial charge on any atom is 0.418 e. The Labute approximate surface area is 199 Å². The van der Waals surface area contributed by atoms with Gasteiger partial charge in [0.25, 0.3) is 0 Å². The molecule has 4 nitrogen and oxygen atoms in total. The molecule has 1 aromatic heterocycles. The summed E-state index contributed by atoms with van der Waals surface area (Å²) >= 11 is 0. The molecule has 1 heterocycles. The van der Waals surface area contributed by atoms with E-state index in [-0.39, 0.29) is 5.52 Å². The molecule has 0 aliphatic heterocycles. The molecule has 0 amide bonds. The molecule has 7 heteroatoms. The number of aromatic nitrogens is 2. The molecule has 35 heavy (non-hydrogen) atoms. The molecule has 0 spiro atoms. The Morgan fingerprint density at radius 2 is 1.60 bits per heavy atom. The molecule has 174 valence electrons. The third-order valence-corrected chi connectivity index (χ3v) is 5.63. The quantitative estimate of drug-likeness (QED) is 0.242. The van der Waals surface area contributed by atoms with Crippen molar-refractivity contribution in [2.24, 2.45) is 0 Å². The number of para-hydroxylation sites is 1. The first-order valence-corrected chi connectivity index (χ1v) is 10.9. The number of benzene rings is 4. The summed E-state index contributed by atoms with van der Waals surface area (Å²) in [5.41, 5.74) is 1.60. The Morgan fingerprint density at radius 1 is 0.857 bits per heavy atom. The van der Waals surface area contributed by atoms with Crippen molar-refractivity contribution in [3.63, 3.8) is 0 Å². The smallest absolute Gasteiger partial charge is 0.418 e. The van der Waals surface area contributed by atoms with Gasteiger partial charge in [-0.05, 0) is 35.9 Å². The number of hydrogen-bond donors (Lipinski definition) is 0. The molecule has 5 rings (SSSR count). The van der Waals surface area contributed by atoms with Crippen LogP contribution in [0, 0.1) is 0 Å². The predicted octanol–water partition coefficient (Wildman–Crippen LogP) is 7.38. The highest BCUT2D eigenvalue weighted by Crippen LogP contribution is 2.39. The maximum absolute atomic E-state index is 13.8. The number of alkyl halides is 3. The van der Waals surface area contributed by atoms with Gasteiger partial charge in [0.05, 0.1) is 23.4 Å². The first-order chi connectivity index (χ1) is 16.9. The largest absolute Gasteiger partial charge is 0.457 e. The fraction of sp³-hybridized carbons (Fsp3) is 0.0714. The minimum Gasteiger partial charge on any atom is -0.457 e. The second kappa shape index (κ2) is 9.10. The summed E-state index contributed by atoms with van der Waals surface area (Å²) in [5, 5.41) is 4.79. The number of aldehydes is 1. The molecular formula is C28H19F3N2O2. The molecule has 5 aromatic rings. The zero-order chi connectivity index (χ0) is 24.4. The first-order valence-electron chi connectivity index (χ1n) is 10.9. The highest BCUT2D eigenvalue weighted by atomic mass is 19.4. The van der Waals surface area contributed by atoms with E-state index in [0.717, 1.165) is 11.6 Å². The number of carbonyl (C=O) groups is 1. The topological polar surface area (TPSA) is 44.1 Å². The molecule has 0 fully saturated rings. The molecule has 0 saturated carbocycles. The molecule has 0 bridgehead atoms. The Hall–Kier alpha value is -4.39. The van der Waals surface area contributed by atoms with Crippen LogP contribution in [0.25, 0.3) is 22.2 Å². The molecule has 0 saturated heterocycles. The minimum atomic E-state index is -4.54. The number of carbonyl (C=O) groups excluding carboxylic acids is 1. The third-order valence-electron chi connectivity index (χ3n) is 5.63. The van der Waals surface area contributed by atoms with E-state index in [0.29, 0.717) is 46.5 Å². The van der Waals surface area contributed by atoms with Gasteiger partial charge in [-0.15, -0.1) is 0 Å². The van der Waals surface area contributed by atoms with Crippen LogP contribution < -0.4 is 4.74 Å². The van der Waals surface area contributed by atoms with E-state index in [1.165, 1.54) is 6.07 Å². The average Bonchev–Trinajstić information content (AvgIpc) is 3.22. The number of hydrogen-bond acceptors (Lipinski definition) is 3. The monoisotopic (exact) mass is 472 g/mol. The van der Waals surface area contributed by atoms with Crippen molar-refractivity contribution < 1.29 is 22.7 Å². The lowest BCUT2D eigenvalue weighted by Crippen LogP contribution is -2.06. The van der Waals surface area contributed by atoms with Crippen molar-refractivity contribution in [1.82, 2.24) is 9.78 Å². The summed E-state index contributed by atoms with van der Waals surface area (Å²) < 4.78 is 48.8. The van der Waals surface area contributed by atoms with E-state index in [1.807, 2.05) is 30.3 Å². The van der Waals surface area contributed by atoms with Crippen LogP contribution >= 0.6 is 0 Å². The zero-order valence-electron chi connectivity index (χ0n) is 18.4. The van der Waals surface area contributed by atoms with Gasteiger partial charge in [0.15, 0.2) is 6.29 Å². The summed E-state index contributed by atoms with van der Waals surface area (Å²) in [6.45, 7) is 0.293. The molecule has 4 aromatic carbocycles. The molecule has 0 aliphatic rings. The molecule has 0 radical (unpaired) electrons. The van der Waals surface area contributed by atoms with E-state index >= 15 is 0 Å². The first kappa shape index (κ1) is 22.4. The van der Waals surface area contributed by atoms with Crippen molar-refractivity contribution >= 4 is 17.2 Å². The third kappa shape index (κ3) is 4.53. The van der Waals surface area contributed by atoms with E-state index in [2.05, 4.69) is 5.10 Å². The molecule has 0 aliphatic carbocycles. The highest BCUT2D eigenvalue weighted by molar-refractivity contribution is 5.95. The lowest BCUT2D eigenvalue weighted by Gasteiger charge is -2.12. The van der Waals surface area contributed by atoms with Crippen molar-refractivity contribution in [3.8, 4) is 22.8 Å². The standard InChI is InChI=1S/C28H19F3N2O2/c29-28(30,31)24-14-7-13-23-26(24)32-33(17-19-8-2-1-3-9-19)27(23)20-11-6-12-22(16-20)35-25-15-5-4-10-21(25)18-34/h1-16,18H,17H2. The van der Waals surface area contributed by atoms with E-state index in [1.54, 1.807) is 59.3 Å². The molecule has 0 N–H and O–H groups in total. The van der Waals surface area contributed by atoms with Gasteiger partial charge in [-0.1, -0.05) is 66.7 Å². The zero-order valence-corrected chi connectivity index (χ0v) is 18.4. The van der Waals surface area contributed by atoms with Gasteiger partial charge >= 0.3 is 6.18 Å². The van der Waals surface area contributed by atoms with Gasteiger partial charge in [-0.3, -0.25) is 9.48 Å². The maximum atomic E-state index is 13.8. The van der Waals surface area contributed by atoms with Gasteiger partial charge in [0.2, 0.25) is 0 Å². The van der Waals surface area contributed by atoms with Crippen LogP contribution in [-0.4, -0.2) is 16.1 Å². The second-order valence-electron chi connectivity index (χ2n) is 7.98. The van der Waals surface area contributed by atoms with Crippen molar-refractivity contribution in [3.05, 3.63) is 114 Å². The molecular weight excluding hydrogens is 453 g/mol. The lowest BCUT2D eigenvalue weighted by molar-refractivity contribution is -0.136. The van der Waals surface area contributed by atoms with Gasteiger partial charge in [-0.2, -0.15) is 18.3 Å². The van der Waals surface area contributed by atoms with Gasteiger partial charge in [0, 0.05) is 10.9 Å². The Morgan fingerprint density at radius 3 is 2.37 bits per heavy atom. The number of fused-ring (bicyclic) bond motifs is 1. The Balaban J connectivity index is 1.66. The van der Waals surface area contributed by atoms with Gasteiger partial charge in [-0.25, -0.2) is 0 Å². The van der Waals surface area contributed by atoms with Crippen molar-refractivity contribution in [2.75, 3.05) is 0 Å². The fourth-order valence-electron chi connectivity index (χ4n) is 4.06.